The van der Waals surface area contributed by atoms with Crippen LogP contribution < -0.4 is 4.74 Å². The van der Waals surface area contributed by atoms with Crippen molar-refractivity contribution in [3.63, 3.8) is 0 Å². The molecule has 2 aromatic rings. The van der Waals surface area contributed by atoms with Crippen molar-refractivity contribution < 1.29 is 9.53 Å². The summed E-state index contributed by atoms with van der Waals surface area (Å²) >= 11 is 5.69. The molecule has 0 N–H and O–H groups in total. The van der Waals surface area contributed by atoms with E-state index in [9.17, 15) is 4.79 Å². The van der Waals surface area contributed by atoms with Crippen LogP contribution in [0.5, 0.6) is 11.6 Å². The highest BCUT2D eigenvalue weighted by Crippen LogP contribution is 2.21. The lowest BCUT2D eigenvalue weighted by Gasteiger charge is -2.05. The number of benzene rings is 1. The molecule has 0 saturated carbocycles. The molecule has 0 aliphatic rings. The number of hydrogen-bond donors (Lipinski definition) is 0. The second-order valence-corrected chi connectivity index (χ2v) is 3.75. The van der Waals surface area contributed by atoms with Gasteiger partial charge in [-0.2, -0.15) is 4.98 Å². The number of ketones is 1. The van der Waals surface area contributed by atoms with Gasteiger partial charge in [-0.3, -0.25) is 9.78 Å². The van der Waals surface area contributed by atoms with Crippen molar-refractivity contribution >= 4 is 17.4 Å². The molecule has 0 bridgehead atoms. The Labute approximate surface area is 103 Å². The molecule has 0 atom stereocenters. The van der Waals surface area contributed by atoms with Gasteiger partial charge in [0.1, 0.15) is 5.75 Å². The summed E-state index contributed by atoms with van der Waals surface area (Å²) in [7, 11) is 0. The summed E-state index contributed by atoms with van der Waals surface area (Å²) in [6.45, 7) is 1.50. The number of rotatable bonds is 3. The maximum Gasteiger partial charge on any atom is 0.239 e. The topological polar surface area (TPSA) is 52.1 Å². The molecule has 0 radical (unpaired) electrons. The molecule has 4 nitrogen and oxygen atoms in total. The van der Waals surface area contributed by atoms with Crippen LogP contribution in [0.15, 0.2) is 36.7 Å². The molecule has 17 heavy (non-hydrogen) atoms. The van der Waals surface area contributed by atoms with Crippen LogP contribution in [0.2, 0.25) is 5.15 Å². The van der Waals surface area contributed by atoms with E-state index in [1.807, 2.05) is 0 Å². The molecule has 0 aliphatic heterocycles. The van der Waals surface area contributed by atoms with Gasteiger partial charge in [-0.05, 0) is 19.1 Å². The molecule has 2 rings (SSSR count). The Morgan fingerprint density at radius 1 is 1.35 bits per heavy atom. The van der Waals surface area contributed by atoms with Crippen LogP contribution in [0.4, 0.5) is 0 Å². The summed E-state index contributed by atoms with van der Waals surface area (Å²) in [5, 5.41) is 0.255. The first kappa shape index (κ1) is 11.5. The Hall–Kier alpha value is -1.94. The molecule has 0 amide bonds. The molecule has 1 aromatic heterocycles. The van der Waals surface area contributed by atoms with Crippen molar-refractivity contribution in [3.8, 4) is 11.6 Å². The third-order valence-electron chi connectivity index (χ3n) is 2.05. The molecular formula is C12H9ClN2O2. The van der Waals surface area contributed by atoms with E-state index in [0.717, 1.165) is 0 Å². The number of Topliss-reactive ketones (excluding diaryl/α,β-unsaturated/α-hetero) is 1. The second-order valence-electron chi connectivity index (χ2n) is 3.37. The largest absolute Gasteiger partial charge is 0.437 e. The molecule has 1 heterocycles. The lowest BCUT2D eigenvalue weighted by Crippen LogP contribution is -1.94. The van der Waals surface area contributed by atoms with Crippen molar-refractivity contribution in [3.05, 3.63) is 47.4 Å². The molecule has 0 unspecified atom stereocenters. The zero-order valence-electron chi connectivity index (χ0n) is 9.05. The van der Waals surface area contributed by atoms with E-state index < -0.39 is 0 Å². The van der Waals surface area contributed by atoms with Crippen LogP contribution in [0.1, 0.15) is 17.3 Å². The van der Waals surface area contributed by atoms with Crippen LogP contribution in [0.3, 0.4) is 0 Å². The molecule has 0 fully saturated rings. The van der Waals surface area contributed by atoms with E-state index in [2.05, 4.69) is 9.97 Å². The van der Waals surface area contributed by atoms with E-state index in [0.29, 0.717) is 17.2 Å². The summed E-state index contributed by atoms with van der Waals surface area (Å²) < 4.78 is 5.44. The smallest absolute Gasteiger partial charge is 0.239 e. The van der Waals surface area contributed by atoms with Crippen LogP contribution in [0.25, 0.3) is 0 Å². The Morgan fingerprint density at radius 2 is 2.18 bits per heavy atom. The minimum atomic E-state index is -0.0207. The quantitative estimate of drug-likeness (QED) is 0.783. The van der Waals surface area contributed by atoms with Crippen molar-refractivity contribution in [2.24, 2.45) is 0 Å². The van der Waals surface area contributed by atoms with Crippen molar-refractivity contribution in [1.29, 1.82) is 0 Å². The highest BCUT2D eigenvalue weighted by molar-refractivity contribution is 6.29. The second kappa shape index (κ2) is 4.93. The lowest BCUT2D eigenvalue weighted by molar-refractivity contribution is 0.101. The van der Waals surface area contributed by atoms with Crippen molar-refractivity contribution in [2.45, 2.75) is 6.92 Å². The summed E-state index contributed by atoms with van der Waals surface area (Å²) in [6.07, 6.45) is 2.87. The zero-order valence-corrected chi connectivity index (χ0v) is 9.81. The average Bonchev–Trinajstić information content (AvgIpc) is 2.29. The minimum absolute atomic E-state index is 0.0207. The Morgan fingerprint density at radius 3 is 2.88 bits per heavy atom. The number of carbonyl (C=O) groups is 1. The Kier molecular flexibility index (Phi) is 3.35. The van der Waals surface area contributed by atoms with Gasteiger partial charge < -0.3 is 4.74 Å². The molecule has 0 spiro atoms. The summed E-state index contributed by atoms with van der Waals surface area (Å²) in [5.74, 6) is 0.792. The molecule has 0 aliphatic carbocycles. The van der Waals surface area contributed by atoms with Gasteiger partial charge in [-0.1, -0.05) is 23.7 Å². The van der Waals surface area contributed by atoms with Gasteiger partial charge in [0, 0.05) is 5.56 Å². The summed E-state index contributed by atoms with van der Waals surface area (Å²) in [4.78, 5) is 19.0. The van der Waals surface area contributed by atoms with Crippen LogP contribution in [-0.2, 0) is 0 Å². The first-order chi connectivity index (χ1) is 8.15. The fourth-order valence-electron chi connectivity index (χ4n) is 1.27. The third-order valence-corrected chi connectivity index (χ3v) is 2.23. The molecule has 5 heteroatoms. The number of aromatic nitrogens is 2. The number of nitrogens with zero attached hydrogens (tertiary/aromatic N) is 2. The van der Waals surface area contributed by atoms with E-state index in [4.69, 9.17) is 16.3 Å². The van der Waals surface area contributed by atoms with E-state index in [1.54, 1.807) is 24.3 Å². The summed E-state index contributed by atoms with van der Waals surface area (Å²) in [6, 6.07) is 6.84. The lowest BCUT2D eigenvalue weighted by atomic mass is 10.1. The molecule has 1 aromatic carbocycles. The van der Waals surface area contributed by atoms with Crippen molar-refractivity contribution in [1.82, 2.24) is 9.97 Å². The van der Waals surface area contributed by atoms with Crippen LogP contribution in [-0.4, -0.2) is 15.8 Å². The standard InChI is InChI=1S/C12H9ClN2O2/c1-8(16)9-3-2-4-10(5-9)17-12-7-14-6-11(13)15-12/h2-7H,1H3. The number of carbonyl (C=O) groups excluding carboxylic acids is 1. The number of halogens is 1. The molecule has 0 saturated heterocycles. The van der Waals surface area contributed by atoms with Gasteiger partial charge in [0.05, 0.1) is 12.4 Å². The van der Waals surface area contributed by atoms with Crippen LogP contribution in [0, 0.1) is 0 Å². The predicted molar refractivity (Wildman–Crippen MR) is 63.6 cm³/mol. The highest BCUT2D eigenvalue weighted by atomic mass is 35.5. The normalized spacial score (nSPS) is 10.0. The average molecular weight is 249 g/mol. The number of ether oxygens (including phenoxy) is 1. The van der Waals surface area contributed by atoms with Crippen LogP contribution >= 0.6 is 11.6 Å². The highest BCUT2D eigenvalue weighted by Gasteiger charge is 2.03. The third kappa shape index (κ3) is 3.01. The predicted octanol–water partition coefficient (Wildman–Crippen LogP) is 3.12. The molecular weight excluding hydrogens is 240 g/mol. The fourth-order valence-corrected chi connectivity index (χ4v) is 1.41. The van der Waals surface area contributed by atoms with Gasteiger partial charge in [0.25, 0.3) is 0 Å². The zero-order chi connectivity index (χ0) is 12.3. The van der Waals surface area contributed by atoms with E-state index in [1.165, 1.54) is 19.3 Å². The Bertz CT molecular complexity index is 558. The van der Waals surface area contributed by atoms with Gasteiger partial charge >= 0.3 is 0 Å². The van der Waals surface area contributed by atoms with E-state index >= 15 is 0 Å². The van der Waals surface area contributed by atoms with Gasteiger partial charge in [0.2, 0.25) is 5.88 Å². The fraction of sp³-hybridized carbons (Fsp3) is 0.0833. The van der Waals surface area contributed by atoms with Gasteiger partial charge in [-0.15, -0.1) is 0 Å². The number of hydrogen-bond acceptors (Lipinski definition) is 4. The first-order valence-corrected chi connectivity index (χ1v) is 5.29. The van der Waals surface area contributed by atoms with Gasteiger partial charge in [0.15, 0.2) is 10.9 Å². The monoisotopic (exact) mass is 248 g/mol. The van der Waals surface area contributed by atoms with E-state index in [-0.39, 0.29) is 10.9 Å². The van der Waals surface area contributed by atoms with Crippen molar-refractivity contribution in [2.75, 3.05) is 0 Å². The van der Waals surface area contributed by atoms with Gasteiger partial charge in [-0.25, -0.2) is 0 Å². The molecule has 86 valence electrons. The SMILES string of the molecule is CC(=O)c1cccc(Oc2cncc(Cl)n2)c1. The Balaban J connectivity index is 2.24. The summed E-state index contributed by atoms with van der Waals surface area (Å²) in [5.41, 5.74) is 0.581. The maximum atomic E-state index is 11.2. The minimum Gasteiger partial charge on any atom is -0.437 e. The maximum absolute atomic E-state index is 11.2. The first-order valence-electron chi connectivity index (χ1n) is 4.91.